The Morgan fingerprint density at radius 1 is 1.00 bits per heavy atom. The van der Waals surface area contributed by atoms with Gasteiger partial charge in [-0.1, -0.05) is 60.2 Å². The SMILES string of the molecule is CC#CCC(NC(=O)C(CC=C(C)C)NC(=O)OCC1c2ccccc2-c2ccccc21)C(=O)O. The predicted octanol–water partition coefficient (Wildman–Crippen LogP) is 4.23. The number of benzene rings is 2. The highest BCUT2D eigenvalue weighted by Crippen LogP contribution is 2.44. The summed E-state index contributed by atoms with van der Waals surface area (Å²) in [4.78, 5) is 37.0. The lowest BCUT2D eigenvalue weighted by molar-refractivity contribution is -0.141. The molecular formula is C28H30N2O5. The van der Waals surface area contributed by atoms with E-state index in [-0.39, 0.29) is 25.4 Å². The molecule has 3 rings (SSSR count). The zero-order chi connectivity index (χ0) is 25.4. The number of carbonyl (C=O) groups is 3. The second-order valence-electron chi connectivity index (χ2n) is 8.57. The fourth-order valence-corrected chi connectivity index (χ4v) is 4.04. The van der Waals surface area contributed by atoms with Gasteiger partial charge in [-0.05, 0) is 49.4 Å². The molecule has 0 saturated carbocycles. The predicted molar refractivity (Wildman–Crippen MR) is 134 cm³/mol. The first-order valence-corrected chi connectivity index (χ1v) is 11.5. The van der Waals surface area contributed by atoms with E-state index in [0.717, 1.165) is 27.8 Å². The third kappa shape index (κ3) is 6.51. The maximum atomic E-state index is 12.8. The molecule has 3 N–H and O–H groups in total. The molecule has 0 aromatic heterocycles. The topological polar surface area (TPSA) is 105 Å². The Balaban J connectivity index is 1.69. The van der Waals surface area contributed by atoms with Crippen molar-refractivity contribution in [2.24, 2.45) is 0 Å². The molecule has 0 spiro atoms. The Kier molecular flexibility index (Phi) is 8.69. The van der Waals surface area contributed by atoms with Gasteiger partial charge in [-0.2, -0.15) is 0 Å². The van der Waals surface area contributed by atoms with E-state index < -0.39 is 30.1 Å². The maximum Gasteiger partial charge on any atom is 0.407 e. The second-order valence-corrected chi connectivity index (χ2v) is 8.57. The molecule has 35 heavy (non-hydrogen) atoms. The minimum atomic E-state index is -1.19. The molecule has 1 aliphatic rings. The Morgan fingerprint density at radius 2 is 1.60 bits per heavy atom. The van der Waals surface area contributed by atoms with Gasteiger partial charge in [0.15, 0.2) is 0 Å². The number of allylic oxidation sites excluding steroid dienone is 1. The molecule has 2 atom stereocenters. The summed E-state index contributed by atoms with van der Waals surface area (Å²) >= 11 is 0. The summed E-state index contributed by atoms with van der Waals surface area (Å²) in [5.41, 5.74) is 5.37. The van der Waals surface area contributed by atoms with Crippen LogP contribution in [0.2, 0.25) is 0 Å². The molecule has 7 heteroatoms. The van der Waals surface area contributed by atoms with Crippen molar-refractivity contribution < 1.29 is 24.2 Å². The molecule has 2 aromatic carbocycles. The fourth-order valence-electron chi connectivity index (χ4n) is 4.04. The fraction of sp³-hybridized carbons (Fsp3) is 0.321. The first kappa shape index (κ1) is 25.6. The van der Waals surface area contributed by atoms with Gasteiger partial charge in [-0.25, -0.2) is 9.59 Å². The van der Waals surface area contributed by atoms with Crippen LogP contribution < -0.4 is 10.6 Å². The third-order valence-electron chi connectivity index (χ3n) is 5.81. The number of carboxylic acid groups (broad SMARTS) is 1. The van der Waals surface area contributed by atoms with E-state index in [0.29, 0.717) is 0 Å². The van der Waals surface area contributed by atoms with E-state index in [1.54, 1.807) is 13.0 Å². The van der Waals surface area contributed by atoms with E-state index in [2.05, 4.69) is 34.6 Å². The molecule has 2 aromatic rings. The van der Waals surface area contributed by atoms with Crippen molar-refractivity contribution in [2.45, 2.75) is 51.6 Å². The van der Waals surface area contributed by atoms with Crippen LogP contribution in [0.1, 0.15) is 50.7 Å². The largest absolute Gasteiger partial charge is 0.480 e. The number of aliphatic carboxylic acids is 1. The second kappa shape index (κ2) is 11.9. The molecule has 0 saturated heterocycles. The average molecular weight is 475 g/mol. The first-order valence-electron chi connectivity index (χ1n) is 11.5. The molecule has 2 unspecified atom stereocenters. The van der Waals surface area contributed by atoms with E-state index in [1.165, 1.54) is 0 Å². The van der Waals surface area contributed by atoms with Crippen LogP contribution in [0.4, 0.5) is 4.79 Å². The van der Waals surface area contributed by atoms with Crippen LogP contribution in [0.15, 0.2) is 60.2 Å². The maximum absolute atomic E-state index is 12.8. The van der Waals surface area contributed by atoms with Gasteiger partial charge >= 0.3 is 12.1 Å². The van der Waals surface area contributed by atoms with Gasteiger partial charge in [-0.15, -0.1) is 11.8 Å². The molecule has 182 valence electrons. The first-order chi connectivity index (χ1) is 16.8. The lowest BCUT2D eigenvalue weighted by Gasteiger charge is -2.21. The number of carboxylic acids is 1. The molecule has 0 aliphatic heterocycles. The third-order valence-corrected chi connectivity index (χ3v) is 5.81. The molecule has 7 nitrogen and oxygen atoms in total. The van der Waals surface area contributed by atoms with Crippen molar-refractivity contribution in [1.82, 2.24) is 10.6 Å². The summed E-state index contributed by atoms with van der Waals surface area (Å²) in [6.45, 7) is 5.45. The van der Waals surface area contributed by atoms with Gasteiger partial charge in [0.25, 0.3) is 0 Å². The van der Waals surface area contributed by atoms with Crippen molar-refractivity contribution in [3.63, 3.8) is 0 Å². The highest BCUT2D eigenvalue weighted by molar-refractivity contribution is 5.89. The van der Waals surface area contributed by atoms with Crippen molar-refractivity contribution in [2.75, 3.05) is 6.61 Å². The van der Waals surface area contributed by atoms with Crippen molar-refractivity contribution in [1.29, 1.82) is 0 Å². The number of nitrogens with one attached hydrogen (secondary N) is 2. The quantitative estimate of drug-likeness (QED) is 0.373. The van der Waals surface area contributed by atoms with Gasteiger partial charge in [0.1, 0.15) is 18.7 Å². The average Bonchev–Trinajstić information content (AvgIpc) is 3.16. The summed E-state index contributed by atoms with van der Waals surface area (Å²) in [7, 11) is 0. The Morgan fingerprint density at radius 3 is 2.14 bits per heavy atom. The number of amides is 2. The van der Waals surface area contributed by atoms with Gasteiger partial charge in [0.05, 0.1) is 0 Å². The highest BCUT2D eigenvalue weighted by Gasteiger charge is 2.30. The van der Waals surface area contributed by atoms with E-state index in [9.17, 15) is 19.5 Å². The minimum absolute atomic E-state index is 0.0299. The van der Waals surface area contributed by atoms with Gasteiger partial charge in [-0.3, -0.25) is 4.79 Å². The van der Waals surface area contributed by atoms with E-state index >= 15 is 0 Å². The number of ether oxygens (including phenoxy) is 1. The molecular weight excluding hydrogens is 444 g/mol. The van der Waals surface area contributed by atoms with E-state index in [1.807, 2.05) is 50.2 Å². The molecule has 0 heterocycles. The summed E-state index contributed by atoms with van der Waals surface area (Å²) in [6, 6.07) is 13.9. The van der Waals surface area contributed by atoms with Crippen LogP contribution in [-0.4, -0.2) is 41.8 Å². The van der Waals surface area contributed by atoms with Crippen molar-refractivity contribution in [3.05, 3.63) is 71.3 Å². The number of rotatable bonds is 9. The normalized spacial score (nSPS) is 13.2. The minimum Gasteiger partial charge on any atom is -0.480 e. The van der Waals surface area contributed by atoms with E-state index in [4.69, 9.17) is 4.74 Å². The molecule has 1 aliphatic carbocycles. The summed E-state index contributed by atoms with van der Waals surface area (Å²) in [5.74, 6) is 3.37. The highest BCUT2D eigenvalue weighted by atomic mass is 16.5. The van der Waals surface area contributed by atoms with Gasteiger partial charge in [0.2, 0.25) is 5.91 Å². The summed E-state index contributed by atoms with van der Waals surface area (Å²) < 4.78 is 5.56. The van der Waals surface area contributed by atoms with Crippen LogP contribution in [0.25, 0.3) is 11.1 Å². The smallest absolute Gasteiger partial charge is 0.407 e. The number of fused-ring (bicyclic) bond motifs is 3. The number of alkyl carbamates (subject to hydrolysis) is 1. The zero-order valence-electron chi connectivity index (χ0n) is 20.1. The van der Waals surface area contributed by atoms with Crippen LogP contribution in [0, 0.1) is 11.8 Å². The van der Waals surface area contributed by atoms with Crippen molar-refractivity contribution >= 4 is 18.0 Å². The standard InChI is InChI=1S/C28H30N2O5/c1-4-5-14-25(27(32)33)29-26(31)24(16-15-18(2)3)30-28(34)35-17-23-21-12-8-6-10-19(21)20-11-7-9-13-22(20)23/h6-13,15,23-25H,14,16-17H2,1-3H3,(H,29,31)(H,30,34)(H,32,33). The Labute approximate surface area is 205 Å². The van der Waals surface area contributed by atoms with Gasteiger partial charge < -0.3 is 20.5 Å². The lowest BCUT2D eigenvalue weighted by atomic mass is 9.98. The van der Waals surface area contributed by atoms with Crippen LogP contribution >= 0.6 is 0 Å². The Bertz CT molecular complexity index is 1140. The molecule has 0 bridgehead atoms. The number of hydrogen-bond acceptors (Lipinski definition) is 4. The molecule has 0 fully saturated rings. The van der Waals surface area contributed by atoms with Crippen molar-refractivity contribution in [3.8, 4) is 23.0 Å². The Hall–Kier alpha value is -4.05. The van der Waals surface area contributed by atoms with Crippen LogP contribution in [-0.2, 0) is 14.3 Å². The van der Waals surface area contributed by atoms with Crippen LogP contribution in [0.5, 0.6) is 0 Å². The zero-order valence-corrected chi connectivity index (χ0v) is 20.1. The summed E-state index contributed by atoms with van der Waals surface area (Å²) in [5, 5.41) is 14.5. The summed E-state index contributed by atoms with van der Waals surface area (Å²) in [6.07, 6.45) is 1.23. The van der Waals surface area contributed by atoms with Crippen LogP contribution in [0.3, 0.4) is 0 Å². The lowest BCUT2D eigenvalue weighted by Crippen LogP contribution is -2.51. The molecule has 0 radical (unpaired) electrons. The number of carbonyl (C=O) groups excluding carboxylic acids is 2. The van der Waals surface area contributed by atoms with Gasteiger partial charge in [0, 0.05) is 12.3 Å². The monoisotopic (exact) mass is 474 g/mol. The molecule has 2 amide bonds. The number of hydrogen-bond donors (Lipinski definition) is 3.